The lowest BCUT2D eigenvalue weighted by Crippen LogP contribution is -2.12. The largest absolute Gasteiger partial charge is 0.457 e. The summed E-state index contributed by atoms with van der Waals surface area (Å²) in [5.74, 6) is 2.01. The van der Waals surface area contributed by atoms with Crippen LogP contribution in [0.1, 0.15) is 42.9 Å². The van der Waals surface area contributed by atoms with Gasteiger partial charge in [0.15, 0.2) is 0 Å². The first-order valence-electron chi connectivity index (χ1n) is 12.4. The van der Waals surface area contributed by atoms with E-state index in [1.165, 1.54) is 11.8 Å². The number of nitrogens with two attached hydrogens (primary N) is 1. The van der Waals surface area contributed by atoms with E-state index in [4.69, 9.17) is 10.5 Å². The van der Waals surface area contributed by atoms with Gasteiger partial charge in [-0.25, -0.2) is 4.98 Å². The SMILES string of the molecule is CC(C)c1ccc(-c2c(C#N)c(N)nc(SCCC(=O)Nc3ccc(Oc4ccccc4)cc3)c2C#N)cc1. The Labute approximate surface area is 232 Å². The minimum atomic E-state index is -0.177. The molecular formula is C31H27N5O2S. The fourth-order valence-corrected chi connectivity index (χ4v) is 4.86. The highest BCUT2D eigenvalue weighted by Gasteiger charge is 2.21. The molecule has 4 rings (SSSR count). The first kappa shape index (κ1) is 27.3. The third kappa shape index (κ3) is 6.75. The van der Waals surface area contributed by atoms with E-state index in [-0.39, 0.29) is 29.3 Å². The van der Waals surface area contributed by atoms with Gasteiger partial charge in [-0.2, -0.15) is 10.5 Å². The maximum Gasteiger partial charge on any atom is 0.225 e. The van der Waals surface area contributed by atoms with Gasteiger partial charge in [0, 0.05) is 23.4 Å². The number of benzene rings is 3. The first-order valence-corrected chi connectivity index (χ1v) is 13.4. The summed E-state index contributed by atoms with van der Waals surface area (Å²) in [7, 11) is 0. The molecule has 0 unspecified atom stereocenters. The average Bonchev–Trinajstić information content (AvgIpc) is 2.94. The minimum Gasteiger partial charge on any atom is -0.457 e. The summed E-state index contributed by atoms with van der Waals surface area (Å²) in [5.41, 5.74) is 9.55. The van der Waals surface area contributed by atoms with E-state index in [9.17, 15) is 15.3 Å². The molecule has 1 amide bonds. The van der Waals surface area contributed by atoms with Gasteiger partial charge in [0.25, 0.3) is 0 Å². The monoisotopic (exact) mass is 533 g/mol. The number of ether oxygens (including phenoxy) is 1. The van der Waals surface area contributed by atoms with Crippen LogP contribution in [-0.2, 0) is 4.79 Å². The van der Waals surface area contributed by atoms with Crippen molar-refractivity contribution in [1.29, 1.82) is 10.5 Å². The lowest BCUT2D eigenvalue weighted by Gasteiger charge is -2.14. The molecule has 1 aromatic heterocycles. The highest BCUT2D eigenvalue weighted by Crippen LogP contribution is 2.36. The van der Waals surface area contributed by atoms with Crippen molar-refractivity contribution in [1.82, 2.24) is 4.98 Å². The molecule has 194 valence electrons. The molecule has 0 atom stereocenters. The van der Waals surface area contributed by atoms with Gasteiger partial charge in [-0.1, -0.05) is 56.3 Å². The molecule has 0 radical (unpaired) electrons. The third-order valence-electron chi connectivity index (χ3n) is 5.97. The van der Waals surface area contributed by atoms with Crippen LogP contribution >= 0.6 is 11.8 Å². The van der Waals surface area contributed by atoms with Gasteiger partial charge in [0.1, 0.15) is 40.0 Å². The Bertz CT molecular complexity index is 1540. The predicted molar refractivity (Wildman–Crippen MR) is 155 cm³/mol. The maximum absolute atomic E-state index is 12.6. The topological polar surface area (TPSA) is 125 Å². The summed E-state index contributed by atoms with van der Waals surface area (Å²) in [6, 6.07) is 28.6. The van der Waals surface area contributed by atoms with Gasteiger partial charge in [0.2, 0.25) is 5.91 Å². The zero-order valence-corrected chi connectivity index (χ0v) is 22.5. The van der Waals surface area contributed by atoms with Crippen molar-refractivity contribution in [2.75, 3.05) is 16.8 Å². The number of aromatic nitrogens is 1. The molecular weight excluding hydrogens is 506 g/mol. The molecule has 3 N–H and O–H groups in total. The third-order valence-corrected chi connectivity index (χ3v) is 6.94. The van der Waals surface area contributed by atoms with Crippen molar-refractivity contribution in [2.45, 2.75) is 31.2 Å². The van der Waals surface area contributed by atoms with Crippen LogP contribution in [-0.4, -0.2) is 16.6 Å². The smallest absolute Gasteiger partial charge is 0.225 e. The maximum atomic E-state index is 12.6. The Morgan fingerprint density at radius 2 is 1.59 bits per heavy atom. The second kappa shape index (κ2) is 12.6. The molecule has 0 aliphatic heterocycles. The van der Waals surface area contributed by atoms with Crippen molar-refractivity contribution in [3.8, 4) is 34.8 Å². The van der Waals surface area contributed by atoms with Crippen molar-refractivity contribution >= 4 is 29.2 Å². The minimum absolute atomic E-state index is 0.0594. The number of hydrogen-bond donors (Lipinski definition) is 2. The van der Waals surface area contributed by atoms with E-state index in [2.05, 4.69) is 36.3 Å². The zero-order valence-electron chi connectivity index (χ0n) is 21.6. The molecule has 0 saturated carbocycles. The summed E-state index contributed by atoms with van der Waals surface area (Å²) in [6.45, 7) is 4.20. The Balaban J connectivity index is 1.43. The van der Waals surface area contributed by atoms with Crippen LogP contribution in [0.2, 0.25) is 0 Å². The quantitative estimate of drug-likeness (QED) is 0.220. The Morgan fingerprint density at radius 3 is 2.21 bits per heavy atom. The number of nitrogens with one attached hydrogen (secondary N) is 1. The van der Waals surface area contributed by atoms with E-state index in [0.717, 1.165) is 16.9 Å². The Hall–Kier alpha value is -4.79. The molecule has 39 heavy (non-hydrogen) atoms. The molecule has 0 fully saturated rings. The predicted octanol–water partition coefficient (Wildman–Crippen LogP) is 7.11. The highest BCUT2D eigenvalue weighted by molar-refractivity contribution is 7.99. The number of nitrogens with zero attached hydrogens (tertiary/aromatic N) is 3. The zero-order chi connectivity index (χ0) is 27.8. The molecule has 8 heteroatoms. The normalized spacial score (nSPS) is 10.5. The van der Waals surface area contributed by atoms with E-state index < -0.39 is 0 Å². The van der Waals surface area contributed by atoms with Crippen LogP contribution in [0.5, 0.6) is 11.5 Å². The lowest BCUT2D eigenvalue weighted by molar-refractivity contribution is -0.115. The lowest BCUT2D eigenvalue weighted by atomic mass is 9.94. The fourth-order valence-electron chi connectivity index (χ4n) is 3.92. The van der Waals surface area contributed by atoms with Gasteiger partial charge >= 0.3 is 0 Å². The number of nitriles is 2. The molecule has 0 saturated heterocycles. The number of hydrogen-bond acceptors (Lipinski definition) is 7. The highest BCUT2D eigenvalue weighted by atomic mass is 32.2. The second-order valence-corrected chi connectivity index (χ2v) is 10.1. The van der Waals surface area contributed by atoms with E-state index >= 15 is 0 Å². The van der Waals surface area contributed by atoms with Gasteiger partial charge in [-0.3, -0.25) is 4.79 Å². The van der Waals surface area contributed by atoms with Crippen LogP contribution in [0.15, 0.2) is 83.9 Å². The average molecular weight is 534 g/mol. The van der Waals surface area contributed by atoms with E-state index in [1.54, 1.807) is 24.3 Å². The summed E-state index contributed by atoms with van der Waals surface area (Å²) in [5, 5.41) is 23.0. The van der Waals surface area contributed by atoms with Crippen LogP contribution in [0.3, 0.4) is 0 Å². The molecule has 0 aliphatic carbocycles. The molecule has 0 spiro atoms. The van der Waals surface area contributed by atoms with Gasteiger partial charge in [-0.15, -0.1) is 11.8 Å². The standard InChI is InChI=1S/C31H27N5O2S/c1-20(2)21-8-10-22(11-9-21)29-26(18-32)30(34)36-31(27(29)19-33)39-17-16-28(37)35-23-12-14-25(15-13-23)38-24-6-4-3-5-7-24/h3-15,20H,16-17H2,1-2H3,(H2,34,36)(H,35,37). The Morgan fingerprint density at radius 1 is 0.949 bits per heavy atom. The van der Waals surface area contributed by atoms with Crippen molar-refractivity contribution < 1.29 is 9.53 Å². The summed E-state index contributed by atoms with van der Waals surface area (Å²) >= 11 is 1.26. The summed E-state index contributed by atoms with van der Waals surface area (Å²) < 4.78 is 5.78. The van der Waals surface area contributed by atoms with Crippen molar-refractivity contribution in [2.24, 2.45) is 0 Å². The van der Waals surface area contributed by atoms with Gasteiger partial charge in [0.05, 0.1) is 5.56 Å². The number of anilines is 2. The van der Waals surface area contributed by atoms with Crippen LogP contribution in [0.4, 0.5) is 11.5 Å². The second-order valence-electron chi connectivity index (χ2n) is 9.01. The molecule has 0 bridgehead atoms. The summed E-state index contributed by atoms with van der Waals surface area (Å²) in [6.07, 6.45) is 0.192. The van der Waals surface area contributed by atoms with Crippen LogP contribution in [0, 0.1) is 22.7 Å². The van der Waals surface area contributed by atoms with Crippen molar-refractivity contribution in [3.63, 3.8) is 0 Å². The molecule has 7 nitrogen and oxygen atoms in total. The fraction of sp³-hybridized carbons (Fsp3) is 0.161. The number of amides is 1. The van der Waals surface area contributed by atoms with Crippen LogP contribution < -0.4 is 15.8 Å². The first-order chi connectivity index (χ1) is 18.9. The van der Waals surface area contributed by atoms with Crippen molar-refractivity contribution in [3.05, 3.63) is 95.6 Å². The van der Waals surface area contributed by atoms with E-state index in [0.29, 0.717) is 33.7 Å². The van der Waals surface area contributed by atoms with Gasteiger partial charge in [-0.05, 0) is 53.4 Å². The number of thioether (sulfide) groups is 1. The number of pyridine rings is 1. The van der Waals surface area contributed by atoms with Crippen LogP contribution in [0.25, 0.3) is 11.1 Å². The number of carbonyl (C=O) groups excluding carboxylic acids is 1. The molecule has 3 aromatic carbocycles. The number of carbonyl (C=O) groups is 1. The molecule has 4 aromatic rings. The Kier molecular flexibility index (Phi) is 8.83. The molecule has 1 heterocycles. The molecule has 0 aliphatic rings. The van der Waals surface area contributed by atoms with Gasteiger partial charge < -0.3 is 15.8 Å². The number of nitrogen functional groups attached to an aromatic ring is 1. The number of para-hydroxylation sites is 1. The number of rotatable bonds is 9. The summed E-state index contributed by atoms with van der Waals surface area (Å²) in [4.78, 5) is 16.9. The van der Waals surface area contributed by atoms with E-state index in [1.807, 2.05) is 54.6 Å².